The van der Waals surface area contributed by atoms with Gasteiger partial charge in [-0.3, -0.25) is 4.99 Å². The summed E-state index contributed by atoms with van der Waals surface area (Å²) in [7, 11) is 3.98. The molecule has 1 unspecified atom stereocenters. The minimum absolute atomic E-state index is 0.0651. The highest BCUT2D eigenvalue weighted by molar-refractivity contribution is 5.80. The molecule has 0 heterocycles. The third-order valence-electron chi connectivity index (χ3n) is 3.54. The summed E-state index contributed by atoms with van der Waals surface area (Å²) < 4.78 is 13.4. The van der Waals surface area contributed by atoms with E-state index < -0.39 is 0 Å². The molecule has 0 aromatic heterocycles. The quantitative estimate of drug-likeness (QED) is 0.623. The zero-order chi connectivity index (χ0) is 15.2. The van der Waals surface area contributed by atoms with Crippen LogP contribution in [0.1, 0.15) is 31.4 Å². The Bertz CT molecular complexity index is 483. The number of aliphatic imine (C=N–C) groups is 1. The number of hydrogen-bond donors (Lipinski definition) is 2. The summed E-state index contributed by atoms with van der Waals surface area (Å²) in [5.74, 6) is 0.648. The van der Waals surface area contributed by atoms with Gasteiger partial charge in [0.2, 0.25) is 0 Å². The molecule has 0 radical (unpaired) electrons. The van der Waals surface area contributed by atoms with Crippen molar-refractivity contribution in [3.8, 4) is 0 Å². The van der Waals surface area contributed by atoms with Crippen LogP contribution in [0.25, 0.3) is 0 Å². The third-order valence-corrected chi connectivity index (χ3v) is 3.54. The first kappa shape index (κ1) is 15.8. The lowest BCUT2D eigenvalue weighted by molar-refractivity contribution is 0.305. The highest BCUT2D eigenvalue weighted by Gasteiger charge is 2.22. The molecule has 2 rings (SSSR count). The number of likely N-dealkylation sites (N-methyl/N-ethyl adjacent to an activating group) is 1. The third kappa shape index (κ3) is 5.01. The molecule has 2 N–H and O–H groups in total. The minimum Gasteiger partial charge on any atom is -0.357 e. The Hall–Kier alpha value is -1.62. The monoisotopic (exact) mass is 292 g/mol. The molecule has 0 saturated heterocycles. The molecule has 4 nitrogen and oxygen atoms in total. The molecular weight excluding hydrogens is 267 g/mol. The summed E-state index contributed by atoms with van der Waals surface area (Å²) >= 11 is 0. The van der Waals surface area contributed by atoms with E-state index in [1.165, 1.54) is 18.9 Å². The normalized spacial score (nSPS) is 16.9. The van der Waals surface area contributed by atoms with Gasteiger partial charge in [-0.15, -0.1) is 0 Å². The molecular formula is C16H25FN4. The fraction of sp³-hybridized carbons (Fsp3) is 0.562. The SMILES string of the molecule is CCNC(=NCC(c1cccc(F)c1)N(C)C)NC1CC1. The van der Waals surface area contributed by atoms with Gasteiger partial charge < -0.3 is 15.5 Å². The van der Waals surface area contributed by atoms with Gasteiger partial charge in [-0.1, -0.05) is 12.1 Å². The van der Waals surface area contributed by atoms with Crippen molar-refractivity contribution in [3.05, 3.63) is 35.6 Å². The summed E-state index contributed by atoms with van der Waals surface area (Å²) in [5, 5.41) is 6.65. The summed E-state index contributed by atoms with van der Waals surface area (Å²) in [5.41, 5.74) is 0.950. The average Bonchev–Trinajstić information content (AvgIpc) is 3.23. The topological polar surface area (TPSA) is 39.7 Å². The van der Waals surface area contributed by atoms with Crippen LogP contribution in [0.15, 0.2) is 29.3 Å². The van der Waals surface area contributed by atoms with Crippen molar-refractivity contribution >= 4 is 5.96 Å². The second kappa shape index (κ2) is 7.41. The van der Waals surface area contributed by atoms with Crippen LogP contribution in [-0.4, -0.2) is 44.1 Å². The molecule has 0 aliphatic heterocycles. The molecule has 21 heavy (non-hydrogen) atoms. The molecule has 5 heteroatoms. The van der Waals surface area contributed by atoms with Crippen LogP contribution in [0.4, 0.5) is 4.39 Å². The van der Waals surface area contributed by atoms with Crippen molar-refractivity contribution in [1.82, 2.24) is 15.5 Å². The van der Waals surface area contributed by atoms with E-state index in [-0.39, 0.29) is 11.9 Å². The fourth-order valence-electron chi connectivity index (χ4n) is 2.20. The van der Waals surface area contributed by atoms with Gasteiger partial charge in [0.15, 0.2) is 5.96 Å². The first-order chi connectivity index (χ1) is 10.1. The summed E-state index contributed by atoms with van der Waals surface area (Å²) in [6.07, 6.45) is 2.43. The number of guanidine groups is 1. The molecule has 1 aromatic carbocycles. The Labute approximate surface area is 126 Å². The van der Waals surface area contributed by atoms with Crippen molar-refractivity contribution in [2.45, 2.75) is 31.8 Å². The Morgan fingerprint density at radius 2 is 2.19 bits per heavy atom. The van der Waals surface area contributed by atoms with E-state index in [2.05, 4.69) is 27.4 Å². The number of rotatable bonds is 6. The first-order valence-electron chi connectivity index (χ1n) is 7.57. The minimum atomic E-state index is -0.202. The zero-order valence-corrected chi connectivity index (χ0v) is 13.1. The van der Waals surface area contributed by atoms with Gasteiger partial charge in [0.05, 0.1) is 12.6 Å². The molecule has 1 aliphatic rings. The lowest BCUT2D eigenvalue weighted by Crippen LogP contribution is -2.39. The van der Waals surface area contributed by atoms with Crippen LogP contribution in [0, 0.1) is 5.82 Å². The number of nitrogens with one attached hydrogen (secondary N) is 2. The standard InChI is InChI=1S/C16H25FN4/c1-4-18-16(20-14-8-9-14)19-11-15(21(2)3)12-6-5-7-13(17)10-12/h5-7,10,14-15H,4,8-9,11H2,1-3H3,(H2,18,19,20). The van der Waals surface area contributed by atoms with Gasteiger partial charge in [0.25, 0.3) is 0 Å². The van der Waals surface area contributed by atoms with E-state index in [4.69, 9.17) is 0 Å². The van der Waals surface area contributed by atoms with Crippen LogP contribution < -0.4 is 10.6 Å². The molecule has 1 saturated carbocycles. The van der Waals surface area contributed by atoms with Gasteiger partial charge >= 0.3 is 0 Å². The number of benzene rings is 1. The fourth-order valence-corrected chi connectivity index (χ4v) is 2.20. The van der Waals surface area contributed by atoms with Crippen molar-refractivity contribution in [3.63, 3.8) is 0 Å². The Morgan fingerprint density at radius 3 is 2.76 bits per heavy atom. The second-order valence-electron chi connectivity index (χ2n) is 5.67. The average molecular weight is 292 g/mol. The number of halogens is 1. The lowest BCUT2D eigenvalue weighted by atomic mass is 10.1. The highest BCUT2D eigenvalue weighted by atomic mass is 19.1. The Balaban J connectivity index is 2.07. The molecule has 116 valence electrons. The lowest BCUT2D eigenvalue weighted by Gasteiger charge is -2.23. The summed E-state index contributed by atoms with van der Waals surface area (Å²) in [6.45, 7) is 3.49. The summed E-state index contributed by atoms with van der Waals surface area (Å²) in [6, 6.07) is 7.38. The zero-order valence-electron chi connectivity index (χ0n) is 13.1. The van der Waals surface area contributed by atoms with Crippen LogP contribution in [0.5, 0.6) is 0 Å². The Morgan fingerprint density at radius 1 is 1.43 bits per heavy atom. The highest BCUT2D eigenvalue weighted by Crippen LogP contribution is 2.20. The van der Waals surface area contributed by atoms with E-state index in [0.717, 1.165) is 18.1 Å². The predicted octanol–water partition coefficient (Wildman–Crippen LogP) is 2.15. The van der Waals surface area contributed by atoms with E-state index in [1.54, 1.807) is 12.1 Å². The van der Waals surface area contributed by atoms with E-state index in [1.807, 2.05) is 20.2 Å². The first-order valence-corrected chi connectivity index (χ1v) is 7.57. The molecule has 0 bridgehead atoms. The largest absolute Gasteiger partial charge is 0.357 e. The number of hydrogen-bond acceptors (Lipinski definition) is 2. The van der Waals surface area contributed by atoms with Gasteiger partial charge in [-0.05, 0) is 51.6 Å². The molecule has 1 fully saturated rings. The van der Waals surface area contributed by atoms with Gasteiger partial charge in [-0.25, -0.2) is 4.39 Å². The van der Waals surface area contributed by atoms with E-state index in [9.17, 15) is 4.39 Å². The summed E-state index contributed by atoms with van der Waals surface area (Å²) in [4.78, 5) is 6.72. The molecule has 1 aromatic rings. The maximum Gasteiger partial charge on any atom is 0.191 e. The van der Waals surface area contributed by atoms with E-state index >= 15 is 0 Å². The molecule has 0 spiro atoms. The second-order valence-corrected chi connectivity index (χ2v) is 5.67. The number of nitrogens with zero attached hydrogens (tertiary/aromatic N) is 2. The van der Waals surface area contributed by atoms with Gasteiger partial charge in [0.1, 0.15) is 5.82 Å². The molecule has 0 amide bonds. The van der Waals surface area contributed by atoms with E-state index in [0.29, 0.717) is 12.6 Å². The van der Waals surface area contributed by atoms with Gasteiger partial charge in [-0.2, -0.15) is 0 Å². The maximum atomic E-state index is 13.4. The van der Waals surface area contributed by atoms with Crippen LogP contribution in [0.2, 0.25) is 0 Å². The van der Waals surface area contributed by atoms with Crippen molar-refractivity contribution in [1.29, 1.82) is 0 Å². The maximum absolute atomic E-state index is 13.4. The van der Waals surface area contributed by atoms with Crippen molar-refractivity contribution in [2.24, 2.45) is 4.99 Å². The molecule has 1 atom stereocenters. The van der Waals surface area contributed by atoms with Crippen molar-refractivity contribution < 1.29 is 4.39 Å². The van der Waals surface area contributed by atoms with Crippen LogP contribution >= 0.6 is 0 Å². The van der Waals surface area contributed by atoms with Gasteiger partial charge in [0, 0.05) is 12.6 Å². The van der Waals surface area contributed by atoms with Crippen LogP contribution in [0.3, 0.4) is 0 Å². The Kier molecular flexibility index (Phi) is 5.56. The smallest absolute Gasteiger partial charge is 0.191 e. The van der Waals surface area contributed by atoms with Crippen molar-refractivity contribution in [2.75, 3.05) is 27.2 Å². The van der Waals surface area contributed by atoms with Crippen LogP contribution in [-0.2, 0) is 0 Å². The predicted molar refractivity (Wildman–Crippen MR) is 85.0 cm³/mol. The molecule has 1 aliphatic carbocycles.